The number of carbonyl (C=O) groups is 1. The fraction of sp³-hybridized carbons (Fsp3) is 0.923. The van der Waals surface area contributed by atoms with Crippen LogP contribution in [0, 0.1) is 5.41 Å². The van der Waals surface area contributed by atoms with E-state index in [4.69, 9.17) is 10.8 Å². The van der Waals surface area contributed by atoms with Gasteiger partial charge in [0.25, 0.3) is 0 Å². The second-order valence-electron chi connectivity index (χ2n) is 5.28. The van der Waals surface area contributed by atoms with Gasteiger partial charge < -0.3 is 15.7 Å². The highest BCUT2D eigenvalue weighted by molar-refractivity contribution is 5.83. The van der Waals surface area contributed by atoms with Gasteiger partial charge in [-0.1, -0.05) is 6.92 Å². The van der Waals surface area contributed by atoms with Gasteiger partial charge in [0.15, 0.2) is 0 Å². The summed E-state index contributed by atoms with van der Waals surface area (Å²) in [6.45, 7) is 5.44. The van der Waals surface area contributed by atoms with Crippen LogP contribution in [0.5, 0.6) is 0 Å². The van der Waals surface area contributed by atoms with Gasteiger partial charge in [0.1, 0.15) is 0 Å². The lowest BCUT2D eigenvalue weighted by atomic mass is 9.85. The van der Waals surface area contributed by atoms with Crippen LogP contribution in [0.1, 0.15) is 46.0 Å². The first-order chi connectivity index (χ1) is 8.09. The molecule has 0 radical (unpaired) electrons. The molecule has 1 saturated heterocycles. The standard InChI is InChI=1S/C13H26N2O2/c1-3-13(2,10-14)12(17)15-8-4-6-11(15)7-5-9-16/h11,16H,3-10,14H2,1-2H3. The molecule has 0 aromatic rings. The molecule has 0 spiro atoms. The van der Waals surface area contributed by atoms with Gasteiger partial charge in [0, 0.05) is 25.7 Å². The molecule has 4 heteroatoms. The molecule has 1 amide bonds. The van der Waals surface area contributed by atoms with Crippen molar-refractivity contribution in [3.63, 3.8) is 0 Å². The predicted octanol–water partition coefficient (Wildman–Crippen LogP) is 1.12. The number of rotatable bonds is 6. The second-order valence-corrected chi connectivity index (χ2v) is 5.28. The average Bonchev–Trinajstić information content (AvgIpc) is 2.82. The molecule has 2 unspecified atom stereocenters. The molecule has 0 aromatic carbocycles. The van der Waals surface area contributed by atoms with Crippen molar-refractivity contribution in [3.8, 4) is 0 Å². The lowest BCUT2D eigenvalue weighted by Crippen LogP contribution is -2.48. The summed E-state index contributed by atoms with van der Waals surface area (Å²) in [5, 5.41) is 8.88. The van der Waals surface area contributed by atoms with Crippen molar-refractivity contribution in [1.29, 1.82) is 0 Å². The minimum atomic E-state index is -0.415. The van der Waals surface area contributed by atoms with Gasteiger partial charge >= 0.3 is 0 Å². The van der Waals surface area contributed by atoms with Crippen LogP contribution in [0.15, 0.2) is 0 Å². The zero-order chi connectivity index (χ0) is 12.9. The summed E-state index contributed by atoms with van der Waals surface area (Å²) >= 11 is 0. The van der Waals surface area contributed by atoms with E-state index in [1.807, 2.05) is 18.7 Å². The fourth-order valence-electron chi connectivity index (χ4n) is 2.46. The van der Waals surface area contributed by atoms with Gasteiger partial charge in [-0.2, -0.15) is 0 Å². The molecule has 4 nitrogen and oxygen atoms in total. The first kappa shape index (κ1) is 14.5. The molecule has 1 rings (SSSR count). The Balaban J connectivity index is 2.66. The van der Waals surface area contributed by atoms with Crippen LogP contribution in [0.2, 0.25) is 0 Å². The van der Waals surface area contributed by atoms with E-state index >= 15 is 0 Å². The quantitative estimate of drug-likeness (QED) is 0.733. The lowest BCUT2D eigenvalue weighted by molar-refractivity contribution is -0.142. The van der Waals surface area contributed by atoms with E-state index in [-0.39, 0.29) is 12.5 Å². The van der Waals surface area contributed by atoms with Gasteiger partial charge in [0.2, 0.25) is 5.91 Å². The minimum absolute atomic E-state index is 0.197. The number of hydrogen-bond donors (Lipinski definition) is 2. The van der Waals surface area contributed by atoms with Crippen LogP contribution in [0.3, 0.4) is 0 Å². The highest BCUT2D eigenvalue weighted by atomic mass is 16.3. The Morgan fingerprint density at radius 2 is 2.29 bits per heavy atom. The SMILES string of the molecule is CCC(C)(CN)C(=O)N1CCCC1CCCO. The first-order valence-corrected chi connectivity index (χ1v) is 6.71. The maximum Gasteiger partial charge on any atom is 0.230 e. The Hall–Kier alpha value is -0.610. The van der Waals surface area contributed by atoms with Crippen molar-refractivity contribution in [2.75, 3.05) is 19.7 Å². The molecule has 0 bridgehead atoms. The average molecular weight is 242 g/mol. The third kappa shape index (κ3) is 3.19. The molecule has 1 aliphatic rings. The van der Waals surface area contributed by atoms with Crippen LogP contribution in [0.4, 0.5) is 0 Å². The topological polar surface area (TPSA) is 66.6 Å². The van der Waals surface area contributed by atoms with Crippen molar-refractivity contribution >= 4 is 5.91 Å². The molecule has 0 aromatic heterocycles. The highest BCUT2D eigenvalue weighted by Crippen LogP contribution is 2.29. The number of carbonyl (C=O) groups excluding carboxylic acids is 1. The molecule has 1 heterocycles. The number of aliphatic hydroxyl groups excluding tert-OH is 1. The summed E-state index contributed by atoms with van der Waals surface area (Å²) in [6.07, 6.45) is 4.61. The molecule has 1 aliphatic heterocycles. The minimum Gasteiger partial charge on any atom is -0.396 e. The van der Waals surface area contributed by atoms with Gasteiger partial charge in [-0.15, -0.1) is 0 Å². The maximum absolute atomic E-state index is 12.5. The number of nitrogens with zero attached hydrogens (tertiary/aromatic N) is 1. The Morgan fingerprint density at radius 1 is 1.59 bits per heavy atom. The second kappa shape index (κ2) is 6.36. The number of hydrogen-bond acceptors (Lipinski definition) is 3. The van der Waals surface area contributed by atoms with E-state index in [1.54, 1.807) is 0 Å². The molecule has 3 N–H and O–H groups in total. The summed E-state index contributed by atoms with van der Waals surface area (Å²) < 4.78 is 0. The fourth-order valence-corrected chi connectivity index (χ4v) is 2.46. The number of nitrogens with two attached hydrogens (primary N) is 1. The number of amides is 1. The number of likely N-dealkylation sites (tertiary alicyclic amines) is 1. The van der Waals surface area contributed by atoms with Crippen molar-refractivity contribution < 1.29 is 9.90 Å². The number of aliphatic hydroxyl groups is 1. The van der Waals surface area contributed by atoms with Crippen molar-refractivity contribution in [2.45, 2.75) is 52.0 Å². The normalized spacial score (nSPS) is 23.8. The molecule has 2 atom stereocenters. The van der Waals surface area contributed by atoms with Crippen LogP contribution >= 0.6 is 0 Å². The summed E-state index contributed by atoms with van der Waals surface area (Å²) in [7, 11) is 0. The lowest BCUT2D eigenvalue weighted by Gasteiger charge is -2.34. The van der Waals surface area contributed by atoms with Crippen molar-refractivity contribution in [1.82, 2.24) is 4.90 Å². The predicted molar refractivity (Wildman–Crippen MR) is 68.5 cm³/mol. The van der Waals surface area contributed by atoms with Crippen LogP contribution in [-0.4, -0.2) is 41.7 Å². The van der Waals surface area contributed by atoms with E-state index < -0.39 is 5.41 Å². The molecule has 17 heavy (non-hydrogen) atoms. The van der Waals surface area contributed by atoms with Crippen LogP contribution in [0.25, 0.3) is 0 Å². The van der Waals surface area contributed by atoms with Crippen LogP contribution < -0.4 is 5.73 Å². The van der Waals surface area contributed by atoms with E-state index in [0.29, 0.717) is 12.6 Å². The third-order valence-corrected chi connectivity index (χ3v) is 4.08. The third-order valence-electron chi connectivity index (χ3n) is 4.08. The molecule has 100 valence electrons. The Morgan fingerprint density at radius 3 is 2.82 bits per heavy atom. The zero-order valence-electron chi connectivity index (χ0n) is 11.1. The summed E-state index contributed by atoms with van der Waals surface area (Å²) in [4.78, 5) is 14.5. The Kier molecular flexibility index (Phi) is 5.40. The first-order valence-electron chi connectivity index (χ1n) is 6.71. The summed E-state index contributed by atoms with van der Waals surface area (Å²) in [5.74, 6) is 0.197. The van der Waals surface area contributed by atoms with E-state index in [0.717, 1.165) is 38.6 Å². The molecule has 0 aliphatic carbocycles. The van der Waals surface area contributed by atoms with Gasteiger partial charge in [-0.05, 0) is 39.0 Å². The molecule has 0 saturated carbocycles. The van der Waals surface area contributed by atoms with Crippen LogP contribution in [-0.2, 0) is 4.79 Å². The molecular formula is C13H26N2O2. The maximum atomic E-state index is 12.5. The van der Waals surface area contributed by atoms with E-state index in [2.05, 4.69) is 0 Å². The van der Waals surface area contributed by atoms with Gasteiger partial charge in [-0.3, -0.25) is 4.79 Å². The Bertz CT molecular complexity index is 252. The highest BCUT2D eigenvalue weighted by Gasteiger charge is 2.38. The van der Waals surface area contributed by atoms with Gasteiger partial charge in [0.05, 0.1) is 5.41 Å². The Labute approximate surface area is 104 Å². The van der Waals surface area contributed by atoms with Crippen molar-refractivity contribution in [2.24, 2.45) is 11.1 Å². The summed E-state index contributed by atoms with van der Waals surface area (Å²) in [6, 6.07) is 0.312. The van der Waals surface area contributed by atoms with E-state index in [1.165, 1.54) is 0 Å². The van der Waals surface area contributed by atoms with Gasteiger partial charge in [-0.25, -0.2) is 0 Å². The summed E-state index contributed by atoms with van der Waals surface area (Å²) in [5.41, 5.74) is 5.33. The molecule has 1 fully saturated rings. The zero-order valence-corrected chi connectivity index (χ0v) is 11.1. The molecular weight excluding hydrogens is 216 g/mol. The largest absolute Gasteiger partial charge is 0.396 e. The van der Waals surface area contributed by atoms with E-state index in [9.17, 15) is 4.79 Å². The van der Waals surface area contributed by atoms with Crippen molar-refractivity contribution in [3.05, 3.63) is 0 Å². The smallest absolute Gasteiger partial charge is 0.230 e. The monoisotopic (exact) mass is 242 g/mol.